The molecule has 1 heterocycles. The van der Waals surface area contributed by atoms with Crippen LogP contribution in [0.1, 0.15) is 35.4 Å². The summed E-state index contributed by atoms with van der Waals surface area (Å²) in [5, 5.41) is 9.25. The van der Waals surface area contributed by atoms with E-state index in [9.17, 15) is 4.79 Å². The number of rotatable bonds is 10. The predicted octanol–water partition coefficient (Wildman–Crippen LogP) is 2.76. The van der Waals surface area contributed by atoms with Crippen LogP contribution in [0.25, 0.3) is 0 Å². The number of guanidine groups is 1. The van der Waals surface area contributed by atoms with Crippen LogP contribution >= 0.6 is 24.0 Å². The first-order chi connectivity index (χ1) is 13.7. The SMILES string of the molecule is CN=C(NCCCOC(C)c1ccccc1)NCCNC(=O)c1cccnc1.I. The summed E-state index contributed by atoms with van der Waals surface area (Å²) in [4.78, 5) is 20.0. The van der Waals surface area contributed by atoms with Gasteiger partial charge in [-0.3, -0.25) is 14.8 Å². The summed E-state index contributed by atoms with van der Waals surface area (Å²) in [5.41, 5.74) is 1.73. The maximum Gasteiger partial charge on any atom is 0.252 e. The molecule has 0 spiro atoms. The third-order valence-corrected chi connectivity index (χ3v) is 4.10. The van der Waals surface area contributed by atoms with Crippen LogP contribution in [0.2, 0.25) is 0 Å². The van der Waals surface area contributed by atoms with Gasteiger partial charge in [-0.05, 0) is 31.0 Å². The van der Waals surface area contributed by atoms with Gasteiger partial charge in [0.25, 0.3) is 5.91 Å². The van der Waals surface area contributed by atoms with E-state index in [0.29, 0.717) is 31.2 Å². The number of pyridine rings is 1. The highest BCUT2D eigenvalue weighted by molar-refractivity contribution is 14.0. The number of halogens is 1. The summed E-state index contributed by atoms with van der Waals surface area (Å²) in [6.07, 6.45) is 4.14. The number of nitrogens with zero attached hydrogens (tertiary/aromatic N) is 2. The Morgan fingerprint density at radius 2 is 1.79 bits per heavy atom. The highest BCUT2D eigenvalue weighted by atomic mass is 127. The fraction of sp³-hybridized carbons (Fsp3) is 0.381. The van der Waals surface area contributed by atoms with Gasteiger partial charge < -0.3 is 20.7 Å². The molecule has 1 aromatic carbocycles. The van der Waals surface area contributed by atoms with Crippen molar-refractivity contribution in [3.8, 4) is 0 Å². The van der Waals surface area contributed by atoms with Crippen molar-refractivity contribution in [2.45, 2.75) is 19.4 Å². The molecule has 2 rings (SSSR count). The van der Waals surface area contributed by atoms with Gasteiger partial charge in [-0.15, -0.1) is 24.0 Å². The smallest absolute Gasteiger partial charge is 0.252 e. The van der Waals surface area contributed by atoms with Gasteiger partial charge in [0, 0.05) is 45.7 Å². The molecule has 7 nitrogen and oxygen atoms in total. The van der Waals surface area contributed by atoms with Crippen LogP contribution < -0.4 is 16.0 Å². The number of aliphatic imine (C=N–C) groups is 1. The Hall–Kier alpha value is -2.20. The molecule has 1 aromatic heterocycles. The third kappa shape index (κ3) is 9.71. The van der Waals surface area contributed by atoms with Crippen LogP contribution in [0.5, 0.6) is 0 Å². The number of amides is 1. The summed E-state index contributed by atoms with van der Waals surface area (Å²) in [5.74, 6) is 0.564. The van der Waals surface area contributed by atoms with E-state index in [4.69, 9.17) is 4.74 Å². The van der Waals surface area contributed by atoms with E-state index in [1.165, 1.54) is 5.56 Å². The van der Waals surface area contributed by atoms with Crippen LogP contribution in [-0.2, 0) is 4.74 Å². The highest BCUT2D eigenvalue weighted by Crippen LogP contribution is 2.15. The lowest BCUT2D eigenvalue weighted by atomic mass is 10.1. The average Bonchev–Trinajstić information content (AvgIpc) is 2.75. The maximum absolute atomic E-state index is 11.9. The van der Waals surface area contributed by atoms with Crippen molar-refractivity contribution < 1.29 is 9.53 Å². The summed E-state index contributed by atoms with van der Waals surface area (Å²) in [6.45, 7) is 4.55. The van der Waals surface area contributed by atoms with Crippen LogP contribution in [0.4, 0.5) is 0 Å². The number of carbonyl (C=O) groups is 1. The Balaban J connectivity index is 0.00000420. The Morgan fingerprint density at radius 1 is 1.07 bits per heavy atom. The second kappa shape index (κ2) is 14.7. The number of hydrogen-bond acceptors (Lipinski definition) is 4. The molecule has 2 aromatic rings. The molecule has 29 heavy (non-hydrogen) atoms. The lowest BCUT2D eigenvalue weighted by Crippen LogP contribution is -2.42. The second-order valence-corrected chi connectivity index (χ2v) is 6.20. The molecule has 0 bridgehead atoms. The molecule has 0 aliphatic rings. The van der Waals surface area contributed by atoms with Crippen molar-refractivity contribution in [2.24, 2.45) is 4.99 Å². The van der Waals surface area contributed by atoms with Crippen molar-refractivity contribution in [3.05, 3.63) is 66.0 Å². The molecule has 0 radical (unpaired) electrons. The zero-order valence-electron chi connectivity index (χ0n) is 16.9. The van der Waals surface area contributed by atoms with E-state index in [-0.39, 0.29) is 36.0 Å². The minimum Gasteiger partial charge on any atom is -0.374 e. The van der Waals surface area contributed by atoms with Crippen LogP contribution in [0.3, 0.4) is 0 Å². The topological polar surface area (TPSA) is 87.6 Å². The molecule has 1 amide bonds. The molecular weight excluding hydrogens is 481 g/mol. The number of benzene rings is 1. The Morgan fingerprint density at radius 3 is 2.48 bits per heavy atom. The van der Waals surface area contributed by atoms with Gasteiger partial charge in [0.05, 0.1) is 11.7 Å². The average molecular weight is 511 g/mol. The molecule has 3 N–H and O–H groups in total. The van der Waals surface area contributed by atoms with Gasteiger partial charge >= 0.3 is 0 Å². The summed E-state index contributed by atoms with van der Waals surface area (Å²) in [6, 6.07) is 13.7. The maximum atomic E-state index is 11.9. The number of ether oxygens (including phenoxy) is 1. The van der Waals surface area contributed by atoms with Gasteiger partial charge in [0.2, 0.25) is 0 Å². The molecule has 0 aliphatic carbocycles. The number of hydrogen-bond donors (Lipinski definition) is 3. The molecular formula is C21H30IN5O2. The van der Waals surface area contributed by atoms with E-state index in [1.54, 1.807) is 31.6 Å². The monoisotopic (exact) mass is 511 g/mol. The van der Waals surface area contributed by atoms with E-state index >= 15 is 0 Å². The minimum absolute atomic E-state index is 0. The van der Waals surface area contributed by atoms with Crippen LogP contribution in [-0.4, -0.2) is 50.1 Å². The van der Waals surface area contributed by atoms with Crippen molar-refractivity contribution >= 4 is 35.8 Å². The number of carbonyl (C=O) groups excluding carboxylic acids is 1. The fourth-order valence-electron chi connectivity index (χ4n) is 2.54. The van der Waals surface area contributed by atoms with Crippen LogP contribution in [0.15, 0.2) is 59.9 Å². The van der Waals surface area contributed by atoms with Crippen molar-refractivity contribution in [1.82, 2.24) is 20.9 Å². The normalized spacial score (nSPS) is 11.9. The number of aromatic nitrogens is 1. The Kier molecular flexibility index (Phi) is 12.6. The molecule has 0 saturated heterocycles. The molecule has 158 valence electrons. The van der Waals surface area contributed by atoms with E-state index < -0.39 is 0 Å². The van der Waals surface area contributed by atoms with Crippen molar-refractivity contribution in [1.29, 1.82) is 0 Å². The van der Waals surface area contributed by atoms with Gasteiger partial charge in [0.1, 0.15) is 0 Å². The van der Waals surface area contributed by atoms with E-state index in [0.717, 1.165) is 13.0 Å². The molecule has 8 heteroatoms. The van der Waals surface area contributed by atoms with Gasteiger partial charge in [0.15, 0.2) is 5.96 Å². The summed E-state index contributed by atoms with van der Waals surface area (Å²) in [7, 11) is 1.72. The zero-order chi connectivity index (χ0) is 20.0. The Labute approximate surface area is 189 Å². The first kappa shape index (κ1) is 24.8. The second-order valence-electron chi connectivity index (χ2n) is 6.20. The van der Waals surface area contributed by atoms with Crippen molar-refractivity contribution in [3.63, 3.8) is 0 Å². The van der Waals surface area contributed by atoms with Gasteiger partial charge in [-0.1, -0.05) is 30.3 Å². The minimum atomic E-state index is -0.137. The first-order valence-corrected chi connectivity index (χ1v) is 9.50. The highest BCUT2D eigenvalue weighted by Gasteiger charge is 2.05. The first-order valence-electron chi connectivity index (χ1n) is 9.50. The lowest BCUT2D eigenvalue weighted by molar-refractivity contribution is 0.0646. The quantitative estimate of drug-likeness (QED) is 0.198. The van der Waals surface area contributed by atoms with E-state index in [2.05, 4.69) is 45.0 Å². The molecule has 0 fully saturated rings. The van der Waals surface area contributed by atoms with Gasteiger partial charge in [-0.2, -0.15) is 0 Å². The zero-order valence-corrected chi connectivity index (χ0v) is 19.3. The summed E-state index contributed by atoms with van der Waals surface area (Å²) >= 11 is 0. The molecule has 1 atom stereocenters. The van der Waals surface area contributed by atoms with Crippen molar-refractivity contribution in [2.75, 3.05) is 33.3 Å². The predicted molar refractivity (Wildman–Crippen MR) is 127 cm³/mol. The molecule has 0 aliphatic heterocycles. The molecule has 0 saturated carbocycles. The van der Waals surface area contributed by atoms with Gasteiger partial charge in [-0.25, -0.2) is 0 Å². The Bertz CT molecular complexity index is 728. The van der Waals surface area contributed by atoms with E-state index in [1.807, 2.05) is 18.2 Å². The lowest BCUT2D eigenvalue weighted by Gasteiger charge is -2.15. The fourth-order valence-corrected chi connectivity index (χ4v) is 2.54. The summed E-state index contributed by atoms with van der Waals surface area (Å²) < 4.78 is 5.86. The third-order valence-electron chi connectivity index (χ3n) is 4.10. The van der Waals surface area contributed by atoms with Crippen LogP contribution in [0, 0.1) is 0 Å². The standard InChI is InChI=1S/C21H29N5O2.HI/c1-17(18-8-4-3-5-9-18)28-15-7-12-25-21(22-2)26-14-13-24-20(27)19-10-6-11-23-16-19;/h3-6,8-11,16-17H,7,12-15H2,1-2H3,(H,24,27)(H2,22,25,26);1H. The molecule has 1 unspecified atom stereocenters. The largest absolute Gasteiger partial charge is 0.374 e. The number of nitrogens with one attached hydrogen (secondary N) is 3.